The van der Waals surface area contributed by atoms with Gasteiger partial charge in [0.15, 0.2) is 0 Å². The maximum absolute atomic E-state index is 2.79. The highest BCUT2D eigenvalue weighted by atomic mass is 15.3. The van der Waals surface area contributed by atoms with E-state index in [9.17, 15) is 0 Å². The minimum absolute atomic E-state index is 0.803. The number of hydrogen-bond donors (Lipinski definition) is 0. The first-order valence-corrected chi connectivity index (χ1v) is 7.91. The summed E-state index contributed by atoms with van der Waals surface area (Å²) in [6.45, 7) is 9.93. The topological polar surface area (TPSA) is 6.48 Å². The Hall–Kier alpha value is -0.340. The first kappa shape index (κ1) is 12.7. The average Bonchev–Trinajstić information content (AvgIpc) is 2.41. The number of rotatable bonds is 3. The Morgan fingerprint density at radius 1 is 1.28 bits per heavy atom. The molecular formula is C16H28N2. The fourth-order valence-corrected chi connectivity index (χ4v) is 4.41. The van der Waals surface area contributed by atoms with Crippen LogP contribution in [0.3, 0.4) is 0 Å². The maximum atomic E-state index is 2.79. The quantitative estimate of drug-likeness (QED) is 0.709. The van der Waals surface area contributed by atoms with E-state index in [1.165, 1.54) is 58.3 Å². The van der Waals surface area contributed by atoms with Crippen molar-refractivity contribution in [3.05, 3.63) is 11.6 Å². The van der Waals surface area contributed by atoms with Crippen molar-refractivity contribution < 1.29 is 0 Å². The molecule has 0 aliphatic carbocycles. The van der Waals surface area contributed by atoms with E-state index < -0.39 is 0 Å². The van der Waals surface area contributed by atoms with Crippen molar-refractivity contribution in [3.63, 3.8) is 0 Å². The fraction of sp³-hybridized carbons (Fsp3) is 0.875. The van der Waals surface area contributed by atoms with Gasteiger partial charge >= 0.3 is 0 Å². The normalized spacial score (nSPS) is 38.6. The summed E-state index contributed by atoms with van der Waals surface area (Å²) in [6.07, 6.45) is 9.41. The molecule has 2 atom stereocenters. The van der Waals surface area contributed by atoms with E-state index in [4.69, 9.17) is 0 Å². The van der Waals surface area contributed by atoms with E-state index in [0.717, 1.165) is 18.0 Å². The molecule has 0 radical (unpaired) electrons. The summed E-state index contributed by atoms with van der Waals surface area (Å²) in [4.78, 5) is 5.56. The Kier molecular flexibility index (Phi) is 3.76. The third kappa shape index (κ3) is 2.37. The lowest BCUT2D eigenvalue weighted by Crippen LogP contribution is -2.58. The smallest absolute Gasteiger partial charge is 0.0254 e. The summed E-state index contributed by atoms with van der Waals surface area (Å²) >= 11 is 0. The molecule has 4 heterocycles. The Morgan fingerprint density at radius 2 is 2.06 bits per heavy atom. The van der Waals surface area contributed by atoms with Crippen molar-refractivity contribution in [2.45, 2.75) is 58.0 Å². The van der Waals surface area contributed by atoms with Crippen molar-refractivity contribution >= 4 is 0 Å². The van der Waals surface area contributed by atoms with Crippen LogP contribution in [0.2, 0.25) is 0 Å². The molecular weight excluding hydrogens is 220 g/mol. The zero-order chi connectivity index (χ0) is 12.5. The van der Waals surface area contributed by atoms with Gasteiger partial charge in [0.1, 0.15) is 0 Å². The third-order valence-corrected chi connectivity index (χ3v) is 5.39. The van der Waals surface area contributed by atoms with Crippen LogP contribution in [0.15, 0.2) is 11.6 Å². The molecule has 0 amide bonds. The predicted molar refractivity (Wildman–Crippen MR) is 76.7 cm³/mol. The lowest BCUT2D eigenvalue weighted by atomic mass is 9.79. The summed E-state index contributed by atoms with van der Waals surface area (Å²) in [5, 5.41) is 0. The van der Waals surface area contributed by atoms with Crippen LogP contribution in [0.4, 0.5) is 0 Å². The van der Waals surface area contributed by atoms with E-state index in [2.05, 4.69) is 29.7 Å². The minimum atomic E-state index is 0.803. The molecule has 2 unspecified atom stereocenters. The molecule has 0 saturated carbocycles. The van der Waals surface area contributed by atoms with Gasteiger partial charge in [-0.25, -0.2) is 0 Å². The molecule has 102 valence electrons. The zero-order valence-electron chi connectivity index (χ0n) is 12.1. The van der Waals surface area contributed by atoms with Crippen molar-refractivity contribution in [3.8, 4) is 0 Å². The summed E-state index contributed by atoms with van der Waals surface area (Å²) in [5.41, 5.74) is 1.58. The Morgan fingerprint density at radius 3 is 2.61 bits per heavy atom. The third-order valence-electron chi connectivity index (χ3n) is 5.39. The molecule has 2 nitrogen and oxygen atoms in total. The van der Waals surface area contributed by atoms with Crippen LogP contribution >= 0.6 is 0 Å². The zero-order valence-corrected chi connectivity index (χ0v) is 12.1. The minimum Gasteiger partial charge on any atom is -0.299 e. The molecule has 4 aliphatic rings. The van der Waals surface area contributed by atoms with Gasteiger partial charge < -0.3 is 0 Å². The van der Waals surface area contributed by atoms with Gasteiger partial charge in [0.2, 0.25) is 0 Å². The van der Waals surface area contributed by atoms with Gasteiger partial charge in [0.25, 0.3) is 0 Å². The van der Waals surface area contributed by atoms with Crippen molar-refractivity contribution in [2.24, 2.45) is 5.92 Å². The van der Waals surface area contributed by atoms with Gasteiger partial charge in [-0.3, -0.25) is 9.80 Å². The molecule has 0 aromatic heterocycles. The molecule has 0 N–H and O–H groups in total. The lowest BCUT2D eigenvalue weighted by molar-refractivity contribution is -0.00605. The number of fused-ring (bicyclic) bond motifs is 3. The van der Waals surface area contributed by atoms with Crippen molar-refractivity contribution in [1.29, 1.82) is 0 Å². The molecule has 3 saturated heterocycles. The molecule has 2 bridgehead atoms. The summed E-state index contributed by atoms with van der Waals surface area (Å²) in [7, 11) is 0. The van der Waals surface area contributed by atoms with Crippen LogP contribution in [-0.4, -0.2) is 48.1 Å². The van der Waals surface area contributed by atoms with Gasteiger partial charge in [-0.1, -0.05) is 18.6 Å². The van der Waals surface area contributed by atoms with Crippen LogP contribution in [0, 0.1) is 5.92 Å². The first-order valence-electron chi connectivity index (χ1n) is 7.91. The van der Waals surface area contributed by atoms with E-state index in [0.29, 0.717) is 0 Å². The highest BCUT2D eigenvalue weighted by Gasteiger charge is 2.39. The van der Waals surface area contributed by atoms with E-state index >= 15 is 0 Å². The van der Waals surface area contributed by atoms with Crippen LogP contribution in [-0.2, 0) is 0 Å². The van der Waals surface area contributed by atoms with Gasteiger partial charge in [-0.05, 0) is 58.0 Å². The van der Waals surface area contributed by atoms with Crippen molar-refractivity contribution in [1.82, 2.24) is 9.80 Å². The van der Waals surface area contributed by atoms with Gasteiger partial charge in [0, 0.05) is 25.2 Å². The second-order valence-corrected chi connectivity index (χ2v) is 6.57. The molecule has 0 aromatic carbocycles. The Labute approximate surface area is 112 Å². The van der Waals surface area contributed by atoms with Crippen LogP contribution < -0.4 is 0 Å². The van der Waals surface area contributed by atoms with Gasteiger partial charge in [-0.15, -0.1) is 0 Å². The molecule has 2 heteroatoms. The summed E-state index contributed by atoms with van der Waals surface area (Å²) in [5.74, 6) is 1.04. The lowest BCUT2D eigenvalue weighted by Gasteiger charge is -2.51. The maximum Gasteiger partial charge on any atom is 0.0254 e. The molecule has 4 aliphatic heterocycles. The SMILES string of the molecule is CCC(C1CC2CCN1CC2)N1CCC=C(C)C1. The second-order valence-electron chi connectivity index (χ2n) is 6.57. The van der Waals surface area contributed by atoms with Gasteiger partial charge in [0.05, 0.1) is 0 Å². The van der Waals surface area contributed by atoms with E-state index in [-0.39, 0.29) is 0 Å². The monoisotopic (exact) mass is 248 g/mol. The highest BCUT2D eigenvalue weighted by Crippen LogP contribution is 2.35. The van der Waals surface area contributed by atoms with Crippen molar-refractivity contribution in [2.75, 3.05) is 26.2 Å². The van der Waals surface area contributed by atoms with Crippen LogP contribution in [0.25, 0.3) is 0 Å². The average molecular weight is 248 g/mol. The van der Waals surface area contributed by atoms with E-state index in [1.54, 1.807) is 5.57 Å². The van der Waals surface area contributed by atoms with Crippen LogP contribution in [0.1, 0.15) is 46.0 Å². The molecule has 0 aromatic rings. The first-order chi connectivity index (χ1) is 8.78. The summed E-state index contributed by atoms with van der Waals surface area (Å²) < 4.78 is 0. The largest absolute Gasteiger partial charge is 0.299 e. The summed E-state index contributed by atoms with van der Waals surface area (Å²) in [6, 6.07) is 1.66. The molecule has 4 rings (SSSR count). The van der Waals surface area contributed by atoms with Gasteiger partial charge in [-0.2, -0.15) is 0 Å². The standard InChI is InChI=1S/C16H28N2/c1-3-15(18-8-4-5-13(2)12-18)16-11-14-6-9-17(16)10-7-14/h5,14-16H,3-4,6-12H2,1-2H3. The fourth-order valence-electron chi connectivity index (χ4n) is 4.41. The predicted octanol–water partition coefficient (Wildman–Crippen LogP) is 2.90. The molecule has 0 spiro atoms. The molecule has 18 heavy (non-hydrogen) atoms. The van der Waals surface area contributed by atoms with E-state index in [1.807, 2.05) is 0 Å². The second kappa shape index (κ2) is 5.34. The number of hydrogen-bond acceptors (Lipinski definition) is 2. The highest BCUT2D eigenvalue weighted by molar-refractivity contribution is 5.07. The van der Waals surface area contributed by atoms with Crippen LogP contribution in [0.5, 0.6) is 0 Å². The Bertz CT molecular complexity index is 315. The number of nitrogens with zero attached hydrogens (tertiary/aromatic N) is 2. The Balaban J connectivity index is 1.70. The molecule has 3 fully saturated rings. The number of piperidine rings is 3.